The number of benzene rings is 2. The summed E-state index contributed by atoms with van der Waals surface area (Å²) in [6.45, 7) is 0.0623. The van der Waals surface area contributed by atoms with E-state index >= 15 is 0 Å². The molecule has 0 aliphatic rings. The first-order valence-corrected chi connectivity index (χ1v) is 7.68. The zero-order valence-electron chi connectivity index (χ0n) is 13.3. The van der Waals surface area contributed by atoms with Crippen LogP contribution in [0.25, 0.3) is 10.8 Å². The normalized spacial score (nSPS) is 11.7. The van der Waals surface area contributed by atoms with Crippen molar-refractivity contribution >= 4 is 22.8 Å². The van der Waals surface area contributed by atoms with Crippen molar-refractivity contribution in [3.05, 3.63) is 78.1 Å². The molecule has 0 saturated heterocycles. The van der Waals surface area contributed by atoms with E-state index in [2.05, 4.69) is 10.3 Å². The van der Waals surface area contributed by atoms with Crippen LogP contribution in [0.15, 0.2) is 67.0 Å². The van der Waals surface area contributed by atoms with Crippen LogP contribution in [-0.4, -0.2) is 22.2 Å². The lowest BCUT2D eigenvalue weighted by molar-refractivity contribution is -0.139. The smallest absolute Gasteiger partial charge is 0.408 e. The Morgan fingerprint density at radius 2 is 1.76 bits per heavy atom. The van der Waals surface area contributed by atoms with Crippen LogP contribution >= 0.6 is 0 Å². The molecule has 0 saturated carbocycles. The largest absolute Gasteiger partial charge is 0.479 e. The Morgan fingerprint density at radius 3 is 2.52 bits per heavy atom. The Kier molecular flexibility index (Phi) is 4.89. The number of fused-ring (bicyclic) bond motifs is 1. The van der Waals surface area contributed by atoms with Crippen molar-refractivity contribution in [1.29, 1.82) is 0 Å². The molecule has 0 radical (unpaired) electrons. The van der Waals surface area contributed by atoms with Gasteiger partial charge in [0.25, 0.3) is 0 Å². The van der Waals surface area contributed by atoms with E-state index in [0.29, 0.717) is 10.9 Å². The molecule has 25 heavy (non-hydrogen) atoms. The molecule has 3 rings (SSSR count). The molecule has 0 bridgehead atoms. The zero-order chi connectivity index (χ0) is 17.6. The molecule has 1 amide bonds. The number of hydrogen-bond acceptors (Lipinski definition) is 4. The fraction of sp³-hybridized carbons (Fsp3) is 0.105. The van der Waals surface area contributed by atoms with Gasteiger partial charge in [-0.1, -0.05) is 54.6 Å². The molecular weight excluding hydrogens is 320 g/mol. The second-order valence-electron chi connectivity index (χ2n) is 5.43. The Hall–Kier alpha value is -3.41. The van der Waals surface area contributed by atoms with Crippen molar-refractivity contribution in [2.45, 2.75) is 12.6 Å². The lowest BCUT2D eigenvalue weighted by Gasteiger charge is -2.16. The molecule has 2 N–H and O–H groups in total. The SMILES string of the molecule is O=C(NC(C(=O)O)c1cncc2ccccc12)OCc1ccccc1. The summed E-state index contributed by atoms with van der Waals surface area (Å²) in [6, 6.07) is 15.2. The number of alkyl carbamates (subject to hydrolysis) is 1. The molecule has 1 aromatic heterocycles. The number of aromatic nitrogens is 1. The summed E-state index contributed by atoms with van der Waals surface area (Å²) < 4.78 is 5.11. The Bertz CT molecular complexity index is 891. The lowest BCUT2D eigenvalue weighted by Crippen LogP contribution is -2.34. The standard InChI is InChI=1S/C19H16N2O4/c22-18(23)17(16-11-20-10-14-8-4-5-9-15(14)16)21-19(24)25-12-13-6-2-1-3-7-13/h1-11,17H,12H2,(H,21,24)(H,22,23). The van der Waals surface area contributed by atoms with Gasteiger partial charge in [-0.15, -0.1) is 0 Å². The van der Waals surface area contributed by atoms with Gasteiger partial charge in [0, 0.05) is 23.3 Å². The van der Waals surface area contributed by atoms with Crippen molar-refractivity contribution in [1.82, 2.24) is 10.3 Å². The number of carboxylic acids is 1. The first-order chi connectivity index (χ1) is 12.1. The average Bonchev–Trinajstić information content (AvgIpc) is 2.65. The van der Waals surface area contributed by atoms with E-state index in [1.165, 1.54) is 6.20 Å². The van der Waals surface area contributed by atoms with Gasteiger partial charge in [-0.3, -0.25) is 4.98 Å². The third kappa shape index (κ3) is 3.92. The monoisotopic (exact) mass is 336 g/mol. The van der Waals surface area contributed by atoms with Crippen LogP contribution in [0.4, 0.5) is 4.79 Å². The molecular formula is C19H16N2O4. The third-order valence-electron chi connectivity index (χ3n) is 3.73. The molecule has 2 aromatic carbocycles. The second-order valence-corrected chi connectivity index (χ2v) is 5.43. The predicted octanol–water partition coefficient (Wildman–Crippen LogP) is 3.29. The summed E-state index contributed by atoms with van der Waals surface area (Å²) in [4.78, 5) is 27.7. The molecule has 0 fully saturated rings. The van der Waals surface area contributed by atoms with Crippen molar-refractivity contribution in [3.8, 4) is 0 Å². The highest BCUT2D eigenvalue weighted by molar-refractivity contribution is 5.91. The summed E-state index contributed by atoms with van der Waals surface area (Å²) >= 11 is 0. The first kappa shape index (κ1) is 16.4. The topological polar surface area (TPSA) is 88.5 Å². The molecule has 3 aromatic rings. The zero-order valence-corrected chi connectivity index (χ0v) is 13.3. The van der Waals surface area contributed by atoms with E-state index < -0.39 is 18.1 Å². The summed E-state index contributed by atoms with van der Waals surface area (Å²) in [5, 5.41) is 13.4. The highest BCUT2D eigenvalue weighted by Gasteiger charge is 2.25. The van der Waals surface area contributed by atoms with Crippen LogP contribution in [0.5, 0.6) is 0 Å². The molecule has 0 aliphatic carbocycles. The average molecular weight is 336 g/mol. The lowest BCUT2D eigenvalue weighted by atomic mass is 10.0. The van der Waals surface area contributed by atoms with Gasteiger partial charge < -0.3 is 15.2 Å². The van der Waals surface area contributed by atoms with Gasteiger partial charge in [0.2, 0.25) is 0 Å². The number of hydrogen-bond donors (Lipinski definition) is 2. The van der Waals surface area contributed by atoms with Crippen LogP contribution in [0.2, 0.25) is 0 Å². The number of ether oxygens (including phenoxy) is 1. The minimum Gasteiger partial charge on any atom is -0.479 e. The summed E-state index contributed by atoms with van der Waals surface area (Å²) in [7, 11) is 0. The van der Waals surface area contributed by atoms with Gasteiger partial charge in [-0.05, 0) is 10.9 Å². The van der Waals surface area contributed by atoms with Gasteiger partial charge in [0.1, 0.15) is 6.61 Å². The maximum atomic E-state index is 12.0. The summed E-state index contributed by atoms with van der Waals surface area (Å²) in [5.41, 5.74) is 1.22. The van der Waals surface area contributed by atoms with Crippen LogP contribution in [0, 0.1) is 0 Å². The van der Waals surface area contributed by atoms with E-state index in [1.807, 2.05) is 42.5 Å². The molecule has 1 unspecified atom stereocenters. The number of pyridine rings is 1. The number of carbonyl (C=O) groups excluding carboxylic acids is 1. The van der Waals surface area contributed by atoms with E-state index in [1.54, 1.807) is 18.3 Å². The molecule has 0 spiro atoms. The van der Waals surface area contributed by atoms with Crippen LogP contribution in [0.3, 0.4) is 0 Å². The first-order valence-electron chi connectivity index (χ1n) is 7.68. The molecule has 6 nitrogen and oxygen atoms in total. The van der Waals surface area contributed by atoms with Gasteiger partial charge in [-0.25, -0.2) is 9.59 Å². The minimum atomic E-state index is -1.25. The fourth-order valence-electron chi connectivity index (χ4n) is 2.53. The number of nitrogens with zero attached hydrogens (tertiary/aromatic N) is 1. The molecule has 1 heterocycles. The van der Waals surface area contributed by atoms with Crippen molar-refractivity contribution in [2.75, 3.05) is 0 Å². The van der Waals surface area contributed by atoms with E-state index in [0.717, 1.165) is 10.9 Å². The Morgan fingerprint density at radius 1 is 1.04 bits per heavy atom. The van der Waals surface area contributed by atoms with Crippen molar-refractivity contribution in [3.63, 3.8) is 0 Å². The van der Waals surface area contributed by atoms with Crippen LogP contribution in [0.1, 0.15) is 17.2 Å². The van der Waals surface area contributed by atoms with Gasteiger partial charge in [0.05, 0.1) is 0 Å². The van der Waals surface area contributed by atoms with Crippen LogP contribution < -0.4 is 5.32 Å². The van der Waals surface area contributed by atoms with Gasteiger partial charge in [-0.2, -0.15) is 0 Å². The number of amides is 1. The fourth-order valence-corrected chi connectivity index (χ4v) is 2.53. The number of rotatable bonds is 5. The number of carboxylic acid groups (broad SMARTS) is 1. The Labute approximate surface area is 144 Å². The van der Waals surface area contributed by atoms with E-state index in [4.69, 9.17) is 4.74 Å². The predicted molar refractivity (Wildman–Crippen MR) is 91.9 cm³/mol. The third-order valence-corrected chi connectivity index (χ3v) is 3.73. The highest BCUT2D eigenvalue weighted by Crippen LogP contribution is 2.23. The molecule has 0 aliphatic heterocycles. The minimum absolute atomic E-state index is 0.0623. The molecule has 6 heteroatoms. The highest BCUT2D eigenvalue weighted by atomic mass is 16.5. The number of aliphatic carboxylic acids is 1. The summed E-state index contributed by atoms with van der Waals surface area (Å²) in [5.74, 6) is -1.19. The van der Waals surface area contributed by atoms with E-state index in [-0.39, 0.29) is 6.61 Å². The van der Waals surface area contributed by atoms with Crippen molar-refractivity contribution in [2.24, 2.45) is 0 Å². The second kappa shape index (κ2) is 7.44. The maximum Gasteiger partial charge on any atom is 0.408 e. The van der Waals surface area contributed by atoms with Gasteiger partial charge in [0.15, 0.2) is 6.04 Å². The number of nitrogens with one attached hydrogen (secondary N) is 1. The van der Waals surface area contributed by atoms with Crippen LogP contribution in [-0.2, 0) is 16.1 Å². The quantitative estimate of drug-likeness (QED) is 0.746. The van der Waals surface area contributed by atoms with Crippen molar-refractivity contribution < 1.29 is 19.4 Å². The Balaban J connectivity index is 1.77. The van der Waals surface area contributed by atoms with Gasteiger partial charge >= 0.3 is 12.1 Å². The molecule has 126 valence electrons. The van der Waals surface area contributed by atoms with E-state index in [9.17, 15) is 14.7 Å². The maximum absolute atomic E-state index is 12.0. The summed E-state index contributed by atoms with van der Waals surface area (Å²) in [6.07, 6.45) is 2.29. The number of carbonyl (C=O) groups is 2. The molecule has 1 atom stereocenters.